The number of hydrogen-bond acceptors (Lipinski definition) is 1. The summed E-state index contributed by atoms with van der Waals surface area (Å²) in [5.74, 6) is -0.693. The summed E-state index contributed by atoms with van der Waals surface area (Å²) in [5, 5.41) is 8.46. The van der Waals surface area contributed by atoms with E-state index in [1.54, 1.807) is 0 Å². The van der Waals surface area contributed by atoms with E-state index in [-0.39, 0.29) is 0 Å². The summed E-state index contributed by atoms with van der Waals surface area (Å²) in [5.41, 5.74) is 0. The average Bonchev–Trinajstić information content (AvgIpc) is 2.34. The maximum atomic E-state index is 10.3. The maximum absolute atomic E-state index is 10.3. The van der Waals surface area contributed by atoms with Crippen LogP contribution in [0, 0.1) is 0 Å². The maximum Gasteiger partial charge on any atom is 0.303 e. The van der Waals surface area contributed by atoms with Crippen molar-refractivity contribution in [3.8, 4) is 0 Å². The van der Waals surface area contributed by atoms with Crippen LogP contribution in [0.2, 0.25) is 0 Å². The van der Waals surface area contributed by atoms with Gasteiger partial charge in [0, 0.05) is 6.42 Å². The fourth-order valence-corrected chi connectivity index (χ4v) is 1.56. The van der Waals surface area contributed by atoms with Crippen LogP contribution in [-0.2, 0) is 4.79 Å². The predicted molar refractivity (Wildman–Crippen MR) is 77.7 cm³/mol. The van der Waals surface area contributed by atoms with Crippen molar-refractivity contribution in [2.24, 2.45) is 0 Å². The molecule has 0 amide bonds. The van der Waals surface area contributed by atoms with Crippen molar-refractivity contribution in [1.29, 1.82) is 0 Å². The third-order valence-corrected chi connectivity index (χ3v) is 2.58. The highest BCUT2D eigenvalue weighted by atomic mass is 16.4. The topological polar surface area (TPSA) is 37.3 Å². The van der Waals surface area contributed by atoms with Crippen LogP contribution in [0.5, 0.6) is 0 Å². The fourth-order valence-electron chi connectivity index (χ4n) is 1.56. The molecule has 0 aliphatic carbocycles. The van der Waals surface area contributed by atoms with Gasteiger partial charge in [0.15, 0.2) is 0 Å². The Hall–Kier alpha value is -1.31. The summed E-state index contributed by atoms with van der Waals surface area (Å²) in [4.78, 5) is 10.3. The monoisotopic (exact) mass is 250 g/mol. The molecule has 0 fully saturated rings. The minimum absolute atomic E-state index is 0.294. The van der Waals surface area contributed by atoms with Crippen molar-refractivity contribution in [2.45, 2.75) is 58.3 Å². The second kappa shape index (κ2) is 13.8. The Morgan fingerprint density at radius 2 is 1.33 bits per heavy atom. The van der Waals surface area contributed by atoms with E-state index in [2.05, 4.69) is 36.5 Å². The first-order valence-corrected chi connectivity index (χ1v) is 6.90. The Kier molecular flexibility index (Phi) is 12.8. The molecule has 0 aromatic rings. The van der Waals surface area contributed by atoms with Crippen molar-refractivity contribution in [3.63, 3.8) is 0 Å². The molecular weight excluding hydrogens is 224 g/mol. The number of aliphatic carboxylic acids is 1. The third-order valence-electron chi connectivity index (χ3n) is 2.58. The Morgan fingerprint density at radius 1 is 0.833 bits per heavy atom. The first-order valence-electron chi connectivity index (χ1n) is 6.90. The van der Waals surface area contributed by atoms with E-state index in [9.17, 15) is 4.79 Å². The number of allylic oxidation sites excluding steroid dienone is 6. The van der Waals surface area contributed by atoms with Gasteiger partial charge in [-0.25, -0.2) is 0 Å². The molecule has 0 heterocycles. The lowest BCUT2D eigenvalue weighted by atomic mass is 10.1. The van der Waals surface area contributed by atoms with E-state index in [0.717, 1.165) is 44.9 Å². The van der Waals surface area contributed by atoms with Gasteiger partial charge in [-0.3, -0.25) is 4.79 Å². The van der Waals surface area contributed by atoms with Crippen LogP contribution in [0.1, 0.15) is 58.3 Å². The molecule has 0 aromatic carbocycles. The molecule has 2 nitrogen and oxygen atoms in total. The second-order valence-corrected chi connectivity index (χ2v) is 4.31. The van der Waals surface area contributed by atoms with Gasteiger partial charge in [-0.1, -0.05) is 36.5 Å². The number of rotatable bonds is 11. The molecule has 0 spiro atoms. The Bertz CT molecular complexity index is 275. The van der Waals surface area contributed by atoms with Crippen molar-refractivity contribution in [1.82, 2.24) is 0 Å². The zero-order chi connectivity index (χ0) is 13.5. The van der Waals surface area contributed by atoms with E-state index in [1.165, 1.54) is 0 Å². The summed E-state index contributed by atoms with van der Waals surface area (Å²) in [6.07, 6.45) is 20.6. The zero-order valence-electron chi connectivity index (χ0n) is 11.5. The smallest absolute Gasteiger partial charge is 0.303 e. The lowest BCUT2D eigenvalue weighted by Crippen LogP contribution is -1.92. The summed E-state index contributed by atoms with van der Waals surface area (Å²) in [6.45, 7) is 2.05. The summed E-state index contributed by atoms with van der Waals surface area (Å²) < 4.78 is 0. The Balaban J connectivity index is 3.24. The van der Waals surface area contributed by atoms with Crippen LogP contribution < -0.4 is 0 Å². The molecule has 0 radical (unpaired) electrons. The highest BCUT2D eigenvalue weighted by Gasteiger charge is 1.93. The van der Waals surface area contributed by atoms with Crippen LogP contribution in [0.25, 0.3) is 0 Å². The van der Waals surface area contributed by atoms with Gasteiger partial charge >= 0.3 is 5.97 Å². The number of unbranched alkanes of at least 4 members (excludes halogenated alkanes) is 4. The minimum atomic E-state index is -0.693. The number of carboxylic acids is 1. The van der Waals surface area contributed by atoms with Gasteiger partial charge < -0.3 is 5.11 Å². The predicted octanol–water partition coefficient (Wildman–Crippen LogP) is 4.88. The molecule has 2 heteroatoms. The lowest BCUT2D eigenvalue weighted by Gasteiger charge is -1.93. The molecule has 0 bridgehead atoms. The van der Waals surface area contributed by atoms with Gasteiger partial charge in [0.05, 0.1) is 0 Å². The number of carbonyl (C=O) groups is 1. The van der Waals surface area contributed by atoms with Crippen LogP contribution in [0.3, 0.4) is 0 Å². The number of carboxylic acid groups (broad SMARTS) is 1. The van der Waals surface area contributed by atoms with Crippen LogP contribution >= 0.6 is 0 Å². The Morgan fingerprint density at radius 3 is 1.83 bits per heavy atom. The van der Waals surface area contributed by atoms with E-state index < -0.39 is 5.97 Å². The molecule has 0 aliphatic rings. The van der Waals surface area contributed by atoms with Crippen molar-refractivity contribution < 1.29 is 9.90 Å². The van der Waals surface area contributed by atoms with Crippen molar-refractivity contribution in [3.05, 3.63) is 36.5 Å². The highest BCUT2D eigenvalue weighted by Crippen LogP contribution is 2.02. The summed E-state index contributed by atoms with van der Waals surface area (Å²) >= 11 is 0. The molecule has 0 unspecified atom stereocenters. The first kappa shape index (κ1) is 16.7. The van der Waals surface area contributed by atoms with Gasteiger partial charge in [-0.2, -0.15) is 0 Å². The quantitative estimate of drug-likeness (QED) is 0.419. The van der Waals surface area contributed by atoms with E-state index in [0.29, 0.717) is 6.42 Å². The van der Waals surface area contributed by atoms with Gasteiger partial charge in [0.2, 0.25) is 0 Å². The molecule has 18 heavy (non-hydrogen) atoms. The van der Waals surface area contributed by atoms with Crippen molar-refractivity contribution >= 4 is 5.97 Å². The lowest BCUT2D eigenvalue weighted by molar-refractivity contribution is -0.137. The molecule has 0 aromatic heterocycles. The van der Waals surface area contributed by atoms with Crippen LogP contribution in [0.4, 0.5) is 0 Å². The molecular formula is C16H26O2. The SMILES string of the molecule is C/C=C/CC/C=C/CC/C=C/CCCCC(=O)O. The molecule has 0 saturated carbocycles. The van der Waals surface area contributed by atoms with Gasteiger partial charge in [0.25, 0.3) is 0 Å². The highest BCUT2D eigenvalue weighted by molar-refractivity contribution is 5.66. The van der Waals surface area contributed by atoms with E-state index in [1.807, 2.05) is 6.92 Å². The molecule has 1 N–H and O–H groups in total. The molecule has 102 valence electrons. The Labute approximate surface area is 111 Å². The van der Waals surface area contributed by atoms with Gasteiger partial charge in [-0.15, -0.1) is 0 Å². The summed E-state index contributed by atoms with van der Waals surface area (Å²) in [6, 6.07) is 0. The second-order valence-electron chi connectivity index (χ2n) is 4.31. The molecule has 0 saturated heterocycles. The largest absolute Gasteiger partial charge is 0.481 e. The average molecular weight is 250 g/mol. The van der Waals surface area contributed by atoms with Crippen molar-refractivity contribution in [2.75, 3.05) is 0 Å². The number of hydrogen-bond donors (Lipinski definition) is 1. The normalized spacial score (nSPS) is 12.1. The third kappa shape index (κ3) is 14.7. The zero-order valence-corrected chi connectivity index (χ0v) is 11.5. The van der Waals surface area contributed by atoms with Gasteiger partial charge in [0.1, 0.15) is 0 Å². The fraction of sp³-hybridized carbons (Fsp3) is 0.562. The van der Waals surface area contributed by atoms with Gasteiger partial charge in [-0.05, 0) is 51.9 Å². The standard InChI is InChI=1S/C16H26O2/c1-2-3-4-5-6-7-8-9-10-11-12-13-14-15-16(17)18/h2-3,6-7,10-11H,4-5,8-9,12-15H2,1H3,(H,17,18)/b3-2+,7-6+,11-10+. The van der Waals surface area contributed by atoms with E-state index >= 15 is 0 Å². The van der Waals surface area contributed by atoms with E-state index in [4.69, 9.17) is 5.11 Å². The molecule has 0 aliphatic heterocycles. The summed E-state index contributed by atoms with van der Waals surface area (Å²) in [7, 11) is 0. The molecule has 0 atom stereocenters. The minimum Gasteiger partial charge on any atom is -0.481 e. The van der Waals surface area contributed by atoms with Crippen LogP contribution in [-0.4, -0.2) is 11.1 Å². The molecule has 0 rings (SSSR count). The first-order chi connectivity index (χ1) is 8.77. The van der Waals surface area contributed by atoms with Crippen LogP contribution in [0.15, 0.2) is 36.5 Å².